The van der Waals surface area contributed by atoms with E-state index in [9.17, 15) is 0 Å². The Morgan fingerprint density at radius 2 is 0.482 bits per heavy atom. The molecule has 2 aliphatic rings. The molecule has 2 aliphatic carbocycles. The summed E-state index contributed by atoms with van der Waals surface area (Å²) >= 11 is 0. The highest BCUT2D eigenvalue weighted by Gasteiger charge is 2.51. The maximum Gasteiger partial charge on any atom is 0.136 e. The lowest BCUT2D eigenvalue weighted by molar-refractivity contribution is 0.669. The zero-order valence-electron chi connectivity index (χ0n) is 62.1. The fourth-order valence-corrected chi connectivity index (χ4v) is 19.2. The van der Waals surface area contributed by atoms with E-state index in [1.807, 2.05) is 6.20 Å². The van der Waals surface area contributed by atoms with Crippen LogP contribution in [0.15, 0.2) is 417 Å². The predicted molar refractivity (Wildman–Crippen MR) is 478 cm³/mol. The van der Waals surface area contributed by atoms with Crippen molar-refractivity contribution in [2.24, 2.45) is 0 Å². The summed E-state index contributed by atoms with van der Waals surface area (Å²) in [6, 6.07) is 146. The number of hydrogen-bond donors (Lipinski definition) is 0. The molecule has 3 heteroatoms. The van der Waals surface area contributed by atoms with Crippen LogP contribution >= 0.6 is 0 Å². The van der Waals surface area contributed by atoms with E-state index in [-0.39, 0.29) is 5.41 Å². The number of benzene rings is 19. The summed E-state index contributed by atoms with van der Waals surface area (Å²) < 4.78 is 6.27. The third-order valence-electron chi connectivity index (χ3n) is 24.4. The highest BCUT2D eigenvalue weighted by Crippen LogP contribution is 2.63. The molecule has 0 amide bonds. The van der Waals surface area contributed by atoms with Crippen molar-refractivity contribution >= 4 is 97.3 Å². The summed E-state index contributed by atoms with van der Waals surface area (Å²) in [5.41, 5.74) is 30.5. The predicted octanol–water partition coefficient (Wildman–Crippen LogP) is 29.8. The zero-order valence-corrected chi connectivity index (χ0v) is 62.1. The van der Waals surface area contributed by atoms with Gasteiger partial charge in [-0.3, -0.25) is 9.97 Å². The van der Waals surface area contributed by atoms with E-state index in [1.165, 1.54) is 176 Å². The molecule has 0 N–H and O–H groups in total. The lowest BCUT2D eigenvalue weighted by atomic mass is 9.70. The van der Waals surface area contributed by atoms with Gasteiger partial charge in [0.15, 0.2) is 0 Å². The fourth-order valence-electron chi connectivity index (χ4n) is 19.2. The van der Waals surface area contributed by atoms with Gasteiger partial charge in [-0.05, 0) is 236 Å². The van der Waals surface area contributed by atoms with E-state index >= 15 is 0 Å². The third kappa shape index (κ3) is 10.3. The van der Waals surface area contributed by atoms with Crippen molar-refractivity contribution < 1.29 is 4.42 Å². The van der Waals surface area contributed by atoms with Crippen molar-refractivity contribution in [3.05, 3.63) is 435 Å². The van der Waals surface area contributed by atoms with Crippen molar-refractivity contribution in [3.8, 4) is 112 Å². The van der Waals surface area contributed by atoms with Crippen LogP contribution in [0.5, 0.6) is 0 Å². The monoisotopic (exact) mass is 1440 g/mol. The van der Waals surface area contributed by atoms with Gasteiger partial charge < -0.3 is 4.42 Å². The second-order valence-corrected chi connectivity index (χ2v) is 30.5. The first kappa shape index (κ1) is 65.0. The summed E-state index contributed by atoms with van der Waals surface area (Å²) in [4.78, 5) is 10.3. The summed E-state index contributed by atoms with van der Waals surface area (Å²) in [5.74, 6) is 0. The number of hydrogen-bond acceptors (Lipinski definition) is 3. The molecule has 3 heterocycles. The van der Waals surface area contributed by atoms with Gasteiger partial charge in [0.05, 0.1) is 16.8 Å². The topological polar surface area (TPSA) is 38.9 Å². The van der Waals surface area contributed by atoms with Crippen LogP contribution < -0.4 is 0 Å². The molecule has 0 radical (unpaired) electrons. The van der Waals surface area contributed by atoms with Crippen molar-refractivity contribution in [1.82, 2.24) is 9.97 Å². The summed E-state index contributed by atoms with van der Waals surface area (Å²) in [5, 5.41) is 19.5. The number of nitrogens with zero attached hydrogens (tertiary/aromatic N) is 2. The summed E-state index contributed by atoms with van der Waals surface area (Å²) in [6.45, 7) is 0. The lowest BCUT2D eigenvalue weighted by Crippen LogP contribution is -2.25. The Hall–Kier alpha value is -14.9. The molecular formula is C111H68N2O. The maximum atomic E-state index is 6.27. The maximum absolute atomic E-state index is 6.27. The van der Waals surface area contributed by atoms with Gasteiger partial charge in [-0.1, -0.05) is 340 Å². The summed E-state index contributed by atoms with van der Waals surface area (Å²) in [7, 11) is 0. The summed E-state index contributed by atoms with van der Waals surface area (Å²) in [6.07, 6.45) is 4.12. The van der Waals surface area contributed by atoms with Crippen LogP contribution in [0.2, 0.25) is 0 Å². The van der Waals surface area contributed by atoms with Crippen molar-refractivity contribution in [1.29, 1.82) is 0 Å². The molecule has 3 nitrogen and oxygen atoms in total. The average Bonchev–Trinajstić information content (AvgIpc) is 1.51. The molecule has 0 unspecified atom stereocenters. The van der Waals surface area contributed by atoms with Crippen molar-refractivity contribution in [2.75, 3.05) is 0 Å². The molecule has 0 saturated heterocycles. The average molecular weight is 1450 g/mol. The van der Waals surface area contributed by atoms with Crippen LogP contribution in [0.3, 0.4) is 0 Å². The minimum Gasteiger partial charge on any atom is -0.456 e. The van der Waals surface area contributed by atoms with Crippen LogP contribution in [0, 0.1) is 0 Å². The smallest absolute Gasteiger partial charge is 0.136 e. The minimum absolute atomic E-state index is 0.384. The number of furan rings is 1. The molecule has 114 heavy (non-hydrogen) atoms. The standard InChI is InChI=1S/C60H37N.C51H31NO/c1-2-14-41-35-42(30-27-38(41)13-1)39-25-28-40(29-26-39)58-49-18-3-5-20-51(49)59(52-21-6-4-19-50(52)58)44-32-34-57(61-37-44)43-31-33-48-47-17-9-12-24-55(47)60(56(48)36-43)53-22-10-7-15-45(53)46-16-8-11-23-54(46)60;1-2-10-35-27-38(22-19-32(35)9-1)33-17-20-34(21-18-33)50-41-13-5-7-15-43(41)51(44-16-8-6-14-42(44)50)40-23-25-47(52-31-40)39-24-26-48-45(29-39)46-28-36-11-3-4-12-37(36)30-49(46)53-48/h1-37H;1-31H. The van der Waals surface area contributed by atoms with Crippen molar-refractivity contribution in [3.63, 3.8) is 0 Å². The van der Waals surface area contributed by atoms with Crippen LogP contribution in [0.25, 0.3) is 209 Å². The lowest BCUT2D eigenvalue weighted by Gasteiger charge is -2.30. The molecular weight excluding hydrogens is 1380 g/mol. The second-order valence-electron chi connectivity index (χ2n) is 30.5. The Kier molecular flexibility index (Phi) is 14.9. The van der Waals surface area contributed by atoms with E-state index in [2.05, 4.69) is 407 Å². The van der Waals surface area contributed by atoms with Gasteiger partial charge in [0, 0.05) is 45.4 Å². The van der Waals surface area contributed by atoms with E-state index in [1.54, 1.807) is 0 Å². The van der Waals surface area contributed by atoms with E-state index in [0.717, 1.165) is 55.6 Å². The molecule has 22 aromatic rings. The molecule has 0 aliphatic heterocycles. The van der Waals surface area contributed by atoms with Crippen molar-refractivity contribution in [2.45, 2.75) is 5.41 Å². The van der Waals surface area contributed by atoms with Crippen LogP contribution in [0.4, 0.5) is 0 Å². The number of rotatable bonds is 8. The highest BCUT2D eigenvalue weighted by molar-refractivity contribution is 6.23. The molecule has 3 aromatic heterocycles. The molecule has 0 bridgehead atoms. The molecule has 0 fully saturated rings. The Morgan fingerprint density at radius 3 is 0.904 bits per heavy atom. The first-order chi connectivity index (χ1) is 56.5. The molecule has 0 saturated carbocycles. The minimum atomic E-state index is -0.384. The first-order valence-corrected chi connectivity index (χ1v) is 39.3. The van der Waals surface area contributed by atoms with Gasteiger partial charge in [-0.2, -0.15) is 0 Å². The fraction of sp³-hybridized carbons (Fsp3) is 0.00901. The number of fused-ring (bicyclic) bond motifs is 20. The van der Waals surface area contributed by atoms with Gasteiger partial charge in [0.25, 0.3) is 0 Å². The molecule has 1 spiro atoms. The SMILES string of the molecule is c1ccc2c(c1)-c1ccccc1C21c2ccccc2-c2ccc(-c3ccc(-c4c5ccccc5c(-c5ccc(-c6ccc7ccccc7c6)cc5)c5ccccc45)cn3)cc21.c1ccc2cc(-c3ccc(-c4c5ccccc5c(-c5ccc(-c6ccc7oc8cc9ccccc9cc8c7c6)nc5)c5ccccc45)cc3)ccc2c1. The largest absolute Gasteiger partial charge is 0.456 e. The van der Waals surface area contributed by atoms with Crippen LogP contribution in [-0.2, 0) is 5.41 Å². The van der Waals surface area contributed by atoms with Gasteiger partial charge in [-0.25, -0.2) is 0 Å². The molecule has 0 atom stereocenters. The Labute approximate surface area is 659 Å². The van der Waals surface area contributed by atoms with Gasteiger partial charge in [-0.15, -0.1) is 0 Å². The zero-order chi connectivity index (χ0) is 75.0. The molecule has 24 rings (SSSR count). The van der Waals surface area contributed by atoms with E-state index in [0.29, 0.717) is 0 Å². The normalized spacial score (nSPS) is 12.5. The Balaban J connectivity index is 0.000000137. The van der Waals surface area contributed by atoms with Gasteiger partial charge >= 0.3 is 0 Å². The van der Waals surface area contributed by atoms with Gasteiger partial charge in [0.1, 0.15) is 11.2 Å². The molecule has 19 aromatic carbocycles. The first-order valence-electron chi connectivity index (χ1n) is 39.3. The molecule has 528 valence electrons. The highest BCUT2D eigenvalue weighted by atomic mass is 16.3. The quantitative estimate of drug-likeness (QED) is 0.142. The van der Waals surface area contributed by atoms with E-state index in [4.69, 9.17) is 14.4 Å². The Bertz CT molecular complexity index is 7520. The van der Waals surface area contributed by atoms with Gasteiger partial charge in [0.2, 0.25) is 0 Å². The third-order valence-corrected chi connectivity index (χ3v) is 24.4. The van der Waals surface area contributed by atoms with E-state index < -0.39 is 0 Å². The van der Waals surface area contributed by atoms with Crippen LogP contribution in [0.1, 0.15) is 22.3 Å². The second kappa shape index (κ2) is 26.1. The Morgan fingerprint density at radius 1 is 0.175 bits per heavy atom. The van der Waals surface area contributed by atoms with Crippen LogP contribution in [-0.4, -0.2) is 9.97 Å². The number of aromatic nitrogens is 2. The number of pyridine rings is 2.